The van der Waals surface area contributed by atoms with Gasteiger partial charge in [0.2, 0.25) is 0 Å². The van der Waals surface area contributed by atoms with Crippen LogP contribution in [-0.4, -0.2) is 4.98 Å². The summed E-state index contributed by atoms with van der Waals surface area (Å²) >= 11 is 4.53. The molecule has 1 rings (SSSR count). The van der Waals surface area contributed by atoms with Crippen molar-refractivity contribution in [2.75, 3.05) is 0 Å². The maximum absolute atomic E-state index is 12.1. The summed E-state index contributed by atoms with van der Waals surface area (Å²) in [6, 6.07) is 2.27. The van der Waals surface area contributed by atoms with Crippen LogP contribution >= 0.6 is 38.5 Å². The fourth-order valence-electron chi connectivity index (χ4n) is 0.624. The fraction of sp³-hybridized carbons (Fsp3) is 0.167. The lowest BCUT2D eigenvalue weighted by molar-refractivity contribution is -0.138. The molecular weight excluding hydrogens is 350 g/mol. The molecule has 1 aromatic rings. The van der Waals surface area contributed by atoms with Gasteiger partial charge in [0.15, 0.2) is 0 Å². The molecule has 0 spiro atoms. The Labute approximate surface area is 88.6 Å². The van der Waals surface area contributed by atoms with Crippen LogP contribution in [0, 0.1) is 3.70 Å². The second-order valence-corrected chi connectivity index (χ2v) is 3.80. The molecule has 1 aromatic heterocycles. The van der Waals surface area contributed by atoms with Gasteiger partial charge in [0, 0.05) is 0 Å². The average molecular weight is 352 g/mol. The number of rotatable bonds is 0. The van der Waals surface area contributed by atoms with Gasteiger partial charge in [-0.2, -0.15) is 13.2 Å². The summed E-state index contributed by atoms with van der Waals surface area (Å²) in [6.07, 6.45) is -4.32. The number of pyridine rings is 1. The van der Waals surface area contributed by atoms with Crippen LogP contribution in [0.4, 0.5) is 13.2 Å². The molecule has 12 heavy (non-hydrogen) atoms. The zero-order chi connectivity index (χ0) is 9.35. The van der Waals surface area contributed by atoms with Gasteiger partial charge in [-0.05, 0) is 50.7 Å². The van der Waals surface area contributed by atoms with E-state index >= 15 is 0 Å². The van der Waals surface area contributed by atoms with Crippen LogP contribution in [0.25, 0.3) is 0 Å². The summed E-state index contributed by atoms with van der Waals surface area (Å²) in [7, 11) is 0. The van der Waals surface area contributed by atoms with E-state index in [0.29, 0.717) is 4.60 Å². The van der Waals surface area contributed by atoms with Crippen molar-refractivity contribution in [3.05, 3.63) is 26.0 Å². The van der Waals surface area contributed by atoms with Crippen LogP contribution in [-0.2, 0) is 6.18 Å². The predicted octanol–water partition coefficient (Wildman–Crippen LogP) is 3.47. The van der Waals surface area contributed by atoms with Crippen molar-refractivity contribution >= 4 is 38.5 Å². The van der Waals surface area contributed by atoms with E-state index in [1.165, 1.54) is 6.07 Å². The Bertz CT molecular complexity index is 299. The molecule has 0 bridgehead atoms. The first-order chi connectivity index (χ1) is 5.41. The second kappa shape index (κ2) is 3.49. The van der Waals surface area contributed by atoms with Gasteiger partial charge in [0.25, 0.3) is 0 Å². The van der Waals surface area contributed by atoms with Crippen LogP contribution < -0.4 is 0 Å². The molecule has 0 unspecified atom stereocenters. The van der Waals surface area contributed by atoms with E-state index < -0.39 is 11.7 Å². The van der Waals surface area contributed by atoms with Crippen LogP contribution in [0.3, 0.4) is 0 Å². The highest BCUT2D eigenvalue weighted by molar-refractivity contribution is 14.1. The highest BCUT2D eigenvalue weighted by atomic mass is 127. The maximum atomic E-state index is 12.1. The summed E-state index contributed by atoms with van der Waals surface area (Å²) in [5.41, 5.74) is -0.703. The standard InChI is InChI=1S/C6H2BrF3IN/c7-4-2-1-3(5(11)12-4)6(8,9)10/h1-2H. The molecule has 0 aliphatic rings. The lowest BCUT2D eigenvalue weighted by Gasteiger charge is -2.07. The van der Waals surface area contributed by atoms with Gasteiger partial charge in [-0.3, -0.25) is 0 Å². The second-order valence-electron chi connectivity index (χ2n) is 1.97. The number of hydrogen-bond acceptors (Lipinski definition) is 1. The van der Waals surface area contributed by atoms with Crippen molar-refractivity contribution in [3.63, 3.8) is 0 Å². The molecule has 1 heterocycles. The Balaban J connectivity index is 3.19. The van der Waals surface area contributed by atoms with E-state index in [9.17, 15) is 13.2 Å². The van der Waals surface area contributed by atoms with Gasteiger partial charge < -0.3 is 0 Å². The van der Waals surface area contributed by atoms with Gasteiger partial charge in [0.05, 0.1) is 5.56 Å². The van der Waals surface area contributed by atoms with Crippen molar-refractivity contribution in [1.82, 2.24) is 4.98 Å². The molecule has 0 N–H and O–H groups in total. The number of aromatic nitrogens is 1. The molecule has 0 saturated carbocycles. The fourth-order valence-corrected chi connectivity index (χ4v) is 2.01. The van der Waals surface area contributed by atoms with E-state index in [4.69, 9.17) is 0 Å². The summed E-state index contributed by atoms with van der Waals surface area (Å²) in [5, 5.41) is 0. The Morgan fingerprint density at radius 3 is 2.33 bits per heavy atom. The quantitative estimate of drug-likeness (QED) is 0.515. The molecule has 0 saturated heterocycles. The monoisotopic (exact) mass is 351 g/mol. The lowest BCUT2D eigenvalue weighted by atomic mass is 10.3. The number of hydrogen-bond donors (Lipinski definition) is 0. The Morgan fingerprint density at radius 1 is 1.33 bits per heavy atom. The Morgan fingerprint density at radius 2 is 1.92 bits per heavy atom. The molecule has 1 nitrogen and oxygen atoms in total. The van der Waals surface area contributed by atoms with Gasteiger partial charge >= 0.3 is 6.18 Å². The zero-order valence-electron chi connectivity index (χ0n) is 5.49. The molecule has 0 aliphatic carbocycles. The van der Waals surface area contributed by atoms with Crippen molar-refractivity contribution in [2.24, 2.45) is 0 Å². The largest absolute Gasteiger partial charge is 0.418 e. The molecule has 0 fully saturated rings. The summed E-state index contributed by atoms with van der Waals surface area (Å²) < 4.78 is 36.7. The van der Waals surface area contributed by atoms with E-state index in [-0.39, 0.29) is 3.70 Å². The minimum Gasteiger partial charge on any atom is -0.234 e. The van der Waals surface area contributed by atoms with Crippen LogP contribution in [0.5, 0.6) is 0 Å². The number of halogens is 5. The Kier molecular flexibility index (Phi) is 2.97. The van der Waals surface area contributed by atoms with E-state index in [1.54, 1.807) is 22.6 Å². The highest BCUT2D eigenvalue weighted by Crippen LogP contribution is 2.32. The number of nitrogens with zero attached hydrogens (tertiary/aromatic N) is 1. The maximum Gasteiger partial charge on any atom is 0.418 e. The van der Waals surface area contributed by atoms with Crippen molar-refractivity contribution in [1.29, 1.82) is 0 Å². The first-order valence-electron chi connectivity index (χ1n) is 2.80. The van der Waals surface area contributed by atoms with Gasteiger partial charge in [0.1, 0.15) is 8.30 Å². The average Bonchev–Trinajstić information content (AvgIpc) is 1.83. The lowest BCUT2D eigenvalue weighted by Crippen LogP contribution is -2.08. The van der Waals surface area contributed by atoms with Gasteiger partial charge in [-0.25, -0.2) is 4.98 Å². The Hall–Kier alpha value is 0.150. The van der Waals surface area contributed by atoms with E-state index in [0.717, 1.165) is 6.07 Å². The molecule has 6 heteroatoms. The molecule has 0 radical (unpaired) electrons. The molecule has 66 valence electrons. The molecule has 0 aliphatic heterocycles. The third kappa shape index (κ3) is 2.32. The summed E-state index contributed by atoms with van der Waals surface area (Å²) in [5.74, 6) is 0. The highest BCUT2D eigenvalue weighted by Gasteiger charge is 2.33. The third-order valence-electron chi connectivity index (χ3n) is 1.12. The van der Waals surface area contributed by atoms with Crippen LogP contribution in [0.1, 0.15) is 5.56 Å². The smallest absolute Gasteiger partial charge is 0.234 e. The number of alkyl halides is 3. The van der Waals surface area contributed by atoms with Crippen LogP contribution in [0.15, 0.2) is 16.7 Å². The normalized spacial score (nSPS) is 11.8. The third-order valence-corrected chi connectivity index (χ3v) is 2.38. The van der Waals surface area contributed by atoms with Crippen molar-refractivity contribution in [2.45, 2.75) is 6.18 Å². The zero-order valence-corrected chi connectivity index (χ0v) is 9.24. The minimum absolute atomic E-state index is 0.0468. The SMILES string of the molecule is FC(F)(F)c1ccc(Br)nc1I. The van der Waals surface area contributed by atoms with Crippen LogP contribution in [0.2, 0.25) is 0 Å². The summed E-state index contributed by atoms with van der Waals surface area (Å²) in [6.45, 7) is 0. The molecule has 0 atom stereocenters. The predicted molar refractivity (Wildman–Crippen MR) is 49.7 cm³/mol. The molecule has 0 amide bonds. The molecule has 0 aromatic carbocycles. The topological polar surface area (TPSA) is 12.9 Å². The minimum atomic E-state index is -4.32. The van der Waals surface area contributed by atoms with Gasteiger partial charge in [-0.15, -0.1) is 0 Å². The van der Waals surface area contributed by atoms with Crippen molar-refractivity contribution in [3.8, 4) is 0 Å². The van der Waals surface area contributed by atoms with E-state index in [2.05, 4.69) is 20.9 Å². The molecular formula is C6H2BrF3IN. The van der Waals surface area contributed by atoms with Crippen molar-refractivity contribution < 1.29 is 13.2 Å². The van der Waals surface area contributed by atoms with Gasteiger partial charge in [-0.1, -0.05) is 0 Å². The summed E-state index contributed by atoms with van der Waals surface area (Å²) in [4.78, 5) is 3.62. The first kappa shape index (κ1) is 10.2. The van der Waals surface area contributed by atoms with E-state index in [1.807, 2.05) is 0 Å². The first-order valence-corrected chi connectivity index (χ1v) is 4.67.